The van der Waals surface area contributed by atoms with Crippen molar-refractivity contribution in [3.8, 4) is 0 Å². The molecule has 6 heteroatoms. The summed E-state index contributed by atoms with van der Waals surface area (Å²) in [5.41, 5.74) is 3.73. The number of carbonyl (C=O) groups excluding carboxylic acids is 1. The highest BCUT2D eigenvalue weighted by Crippen LogP contribution is 2.22. The Bertz CT molecular complexity index is 872. The van der Waals surface area contributed by atoms with Gasteiger partial charge in [-0.3, -0.25) is 4.79 Å². The third-order valence-corrected chi connectivity index (χ3v) is 6.14. The van der Waals surface area contributed by atoms with Crippen LogP contribution in [0.25, 0.3) is 0 Å². The van der Waals surface area contributed by atoms with E-state index in [0.717, 1.165) is 21.9 Å². The van der Waals surface area contributed by atoms with Gasteiger partial charge in [0.1, 0.15) is 0 Å². The Balaban J connectivity index is 2.06. The van der Waals surface area contributed by atoms with Crippen LogP contribution in [0.2, 0.25) is 0 Å². The quantitative estimate of drug-likeness (QED) is 0.808. The van der Waals surface area contributed by atoms with Crippen molar-refractivity contribution in [2.24, 2.45) is 0 Å². The summed E-state index contributed by atoms with van der Waals surface area (Å²) in [5.74, 6) is -0.132. The summed E-state index contributed by atoms with van der Waals surface area (Å²) in [7, 11) is -0.565. The van der Waals surface area contributed by atoms with E-state index in [1.54, 1.807) is 12.1 Å². The first-order chi connectivity index (χ1) is 12.2. The summed E-state index contributed by atoms with van der Waals surface area (Å²) in [6, 6.07) is 13.0. The lowest BCUT2D eigenvalue weighted by molar-refractivity contribution is -0.116. The summed E-state index contributed by atoms with van der Waals surface area (Å²) < 4.78 is 25.7. The Morgan fingerprint density at radius 3 is 2.23 bits per heavy atom. The van der Waals surface area contributed by atoms with Gasteiger partial charge in [-0.25, -0.2) is 12.7 Å². The first kappa shape index (κ1) is 20.1. The highest BCUT2D eigenvalue weighted by Gasteiger charge is 2.18. The number of anilines is 1. The highest BCUT2D eigenvalue weighted by molar-refractivity contribution is 7.89. The molecular formula is C20H26N2O3S. The fourth-order valence-electron chi connectivity index (χ4n) is 2.52. The van der Waals surface area contributed by atoms with Gasteiger partial charge in [0.15, 0.2) is 0 Å². The lowest BCUT2D eigenvalue weighted by Crippen LogP contribution is -2.22. The molecule has 0 saturated carbocycles. The van der Waals surface area contributed by atoms with E-state index in [0.29, 0.717) is 18.5 Å². The maximum absolute atomic E-state index is 12.3. The van der Waals surface area contributed by atoms with Gasteiger partial charge in [-0.15, -0.1) is 0 Å². The van der Waals surface area contributed by atoms with Crippen molar-refractivity contribution in [2.75, 3.05) is 19.4 Å². The molecule has 0 aliphatic heterocycles. The molecule has 5 nitrogen and oxygen atoms in total. The fourth-order valence-corrected chi connectivity index (χ4v) is 3.45. The maximum Gasteiger partial charge on any atom is 0.242 e. The molecule has 2 rings (SSSR count). The molecular weight excluding hydrogens is 348 g/mol. The number of benzene rings is 2. The number of aryl methyl sites for hydroxylation is 3. The molecule has 0 atom stereocenters. The fraction of sp³-hybridized carbons (Fsp3) is 0.350. The van der Waals surface area contributed by atoms with Crippen molar-refractivity contribution in [2.45, 2.75) is 38.0 Å². The molecule has 0 saturated heterocycles. The molecule has 2 aromatic carbocycles. The van der Waals surface area contributed by atoms with Crippen LogP contribution in [0, 0.1) is 6.92 Å². The average Bonchev–Trinajstić information content (AvgIpc) is 2.62. The van der Waals surface area contributed by atoms with Gasteiger partial charge < -0.3 is 5.32 Å². The topological polar surface area (TPSA) is 66.5 Å². The van der Waals surface area contributed by atoms with E-state index in [4.69, 9.17) is 0 Å². The van der Waals surface area contributed by atoms with Gasteiger partial charge in [0.05, 0.1) is 4.90 Å². The second kappa shape index (κ2) is 8.47. The van der Waals surface area contributed by atoms with E-state index in [9.17, 15) is 13.2 Å². The van der Waals surface area contributed by atoms with Crippen molar-refractivity contribution < 1.29 is 13.2 Å². The first-order valence-electron chi connectivity index (χ1n) is 8.65. The van der Waals surface area contributed by atoms with Crippen molar-refractivity contribution in [3.05, 3.63) is 59.2 Å². The van der Waals surface area contributed by atoms with Gasteiger partial charge in [0, 0.05) is 26.2 Å². The molecule has 0 aromatic heterocycles. The van der Waals surface area contributed by atoms with Crippen LogP contribution in [0.1, 0.15) is 30.0 Å². The van der Waals surface area contributed by atoms with Crippen LogP contribution in [0.15, 0.2) is 47.4 Å². The van der Waals surface area contributed by atoms with Gasteiger partial charge in [0.2, 0.25) is 15.9 Å². The van der Waals surface area contributed by atoms with Crippen LogP contribution in [-0.4, -0.2) is 32.7 Å². The molecule has 0 aliphatic rings. The molecule has 2 aromatic rings. The zero-order valence-corrected chi connectivity index (χ0v) is 16.6. The van der Waals surface area contributed by atoms with Crippen LogP contribution in [0.5, 0.6) is 0 Å². The van der Waals surface area contributed by atoms with Gasteiger partial charge in [-0.1, -0.05) is 37.3 Å². The zero-order valence-electron chi connectivity index (χ0n) is 15.7. The number of carbonyl (C=O) groups is 1. The Kier molecular flexibility index (Phi) is 6.56. The molecule has 0 fully saturated rings. The van der Waals surface area contributed by atoms with Gasteiger partial charge in [0.25, 0.3) is 0 Å². The summed E-state index contributed by atoms with van der Waals surface area (Å²) in [5, 5.41) is 2.83. The predicted octanol–water partition coefficient (Wildman–Crippen LogP) is 3.38. The maximum atomic E-state index is 12.3. The minimum Gasteiger partial charge on any atom is -0.326 e. The summed E-state index contributed by atoms with van der Waals surface area (Å²) in [6.45, 7) is 3.94. The lowest BCUT2D eigenvalue weighted by Gasteiger charge is -2.14. The average molecular weight is 375 g/mol. The third-order valence-electron chi connectivity index (χ3n) is 4.33. The van der Waals surface area contributed by atoms with Gasteiger partial charge in [-0.2, -0.15) is 0 Å². The van der Waals surface area contributed by atoms with Gasteiger partial charge >= 0.3 is 0 Å². The van der Waals surface area contributed by atoms with Crippen LogP contribution in [-0.2, 0) is 27.7 Å². The number of hydrogen-bond acceptors (Lipinski definition) is 3. The number of nitrogens with one attached hydrogen (secondary N) is 1. The Morgan fingerprint density at radius 2 is 1.65 bits per heavy atom. The van der Waals surface area contributed by atoms with E-state index in [-0.39, 0.29) is 10.8 Å². The molecule has 0 bridgehead atoms. The Labute approximate surface area is 156 Å². The molecule has 0 heterocycles. The van der Waals surface area contributed by atoms with Crippen molar-refractivity contribution in [1.29, 1.82) is 0 Å². The van der Waals surface area contributed by atoms with Crippen LogP contribution in [0.3, 0.4) is 0 Å². The van der Waals surface area contributed by atoms with E-state index in [1.165, 1.54) is 25.7 Å². The van der Waals surface area contributed by atoms with Crippen molar-refractivity contribution in [1.82, 2.24) is 4.31 Å². The van der Waals surface area contributed by atoms with Crippen molar-refractivity contribution >= 4 is 21.6 Å². The molecule has 1 N–H and O–H groups in total. The molecule has 0 spiro atoms. The first-order valence-corrected chi connectivity index (χ1v) is 10.1. The summed E-state index contributed by atoms with van der Waals surface area (Å²) >= 11 is 0. The Morgan fingerprint density at radius 1 is 1.04 bits per heavy atom. The minimum atomic E-state index is -3.53. The molecule has 0 unspecified atom stereocenters. The number of amides is 1. The van der Waals surface area contributed by atoms with E-state index >= 15 is 0 Å². The second-order valence-electron chi connectivity index (χ2n) is 6.48. The van der Waals surface area contributed by atoms with E-state index in [1.807, 2.05) is 19.1 Å². The zero-order chi connectivity index (χ0) is 19.3. The number of nitrogens with zero attached hydrogens (tertiary/aromatic N) is 1. The number of hydrogen-bond donors (Lipinski definition) is 1. The van der Waals surface area contributed by atoms with Crippen LogP contribution in [0.4, 0.5) is 5.69 Å². The lowest BCUT2D eigenvalue weighted by atomic mass is 10.1. The standard InChI is InChI=1S/C20H26N2O3S/c1-5-16-7-9-17(10-8-16)11-13-20(23)21-19-14-18(12-6-15(19)2)26(24,25)22(3)4/h6-10,12,14H,5,11,13H2,1-4H3,(H,21,23). The Hall–Kier alpha value is -2.18. The largest absolute Gasteiger partial charge is 0.326 e. The van der Waals surface area contributed by atoms with E-state index < -0.39 is 10.0 Å². The molecule has 1 amide bonds. The monoisotopic (exact) mass is 374 g/mol. The predicted molar refractivity (Wildman–Crippen MR) is 105 cm³/mol. The van der Waals surface area contributed by atoms with Gasteiger partial charge in [-0.05, 0) is 48.6 Å². The summed E-state index contributed by atoms with van der Waals surface area (Å²) in [6.07, 6.45) is 1.98. The molecule has 140 valence electrons. The van der Waals surface area contributed by atoms with Crippen molar-refractivity contribution in [3.63, 3.8) is 0 Å². The van der Waals surface area contributed by atoms with Crippen LogP contribution < -0.4 is 5.32 Å². The normalized spacial score (nSPS) is 11.6. The molecule has 26 heavy (non-hydrogen) atoms. The summed E-state index contributed by atoms with van der Waals surface area (Å²) in [4.78, 5) is 12.5. The molecule has 0 radical (unpaired) electrons. The SMILES string of the molecule is CCc1ccc(CCC(=O)Nc2cc(S(=O)(=O)N(C)C)ccc2C)cc1. The minimum absolute atomic E-state index is 0.132. The third kappa shape index (κ3) is 4.93. The second-order valence-corrected chi connectivity index (χ2v) is 8.63. The number of sulfonamides is 1. The van der Waals surface area contributed by atoms with E-state index in [2.05, 4.69) is 24.4 Å². The highest BCUT2D eigenvalue weighted by atomic mass is 32.2. The van der Waals surface area contributed by atoms with Crippen LogP contribution >= 0.6 is 0 Å². The molecule has 0 aliphatic carbocycles. The smallest absolute Gasteiger partial charge is 0.242 e. The number of rotatable bonds is 7.